The van der Waals surface area contributed by atoms with E-state index in [4.69, 9.17) is 25.8 Å². The number of ether oxygens (including phenoxy) is 3. The highest BCUT2D eigenvalue weighted by Crippen LogP contribution is 2.39. The summed E-state index contributed by atoms with van der Waals surface area (Å²) in [6, 6.07) is 10.7. The molecular weight excluding hydrogens is 346 g/mol. The van der Waals surface area contributed by atoms with Gasteiger partial charge in [0.15, 0.2) is 11.5 Å². The first-order chi connectivity index (χ1) is 12.2. The van der Waals surface area contributed by atoms with Gasteiger partial charge in [-0.1, -0.05) is 11.6 Å². The van der Waals surface area contributed by atoms with Crippen LogP contribution in [0.1, 0.15) is 5.56 Å². The molecule has 2 aromatic rings. The van der Waals surface area contributed by atoms with Gasteiger partial charge in [0.1, 0.15) is 5.75 Å². The summed E-state index contributed by atoms with van der Waals surface area (Å²) < 4.78 is 15.6. The highest BCUT2D eigenvalue weighted by atomic mass is 35.5. The summed E-state index contributed by atoms with van der Waals surface area (Å²) in [6.45, 7) is 0.231. The van der Waals surface area contributed by atoms with Gasteiger partial charge in [-0.05, 0) is 42.0 Å². The summed E-state index contributed by atoms with van der Waals surface area (Å²) in [5.74, 6) is 1.55. The van der Waals surface area contributed by atoms with E-state index >= 15 is 0 Å². The number of hydrogen-bond donors (Lipinski definition) is 2. The highest BCUT2D eigenvalue weighted by Gasteiger charge is 2.17. The van der Waals surface area contributed by atoms with Crippen LogP contribution in [-0.2, 0) is 4.79 Å². The lowest BCUT2D eigenvalue weighted by Gasteiger charge is -2.06. The molecule has 1 amide bonds. The Morgan fingerprint density at radius 1 is 1.32 bits per heavy atom. The number of amides is 1. The zero-order chi connectivity index (χ0) is 17.6. The zero-order valence-corrected chi connectivity index (χ0v) is 14.2. The highest BCUT2D eigenvalue weighted by molar-refractivity contribution is 6.32. The quantitative estimate of drug-likeness (QED) is 0.610. The molecule has 1 heterocycles. The third kappa shape index (κ3) is 4.33. The molecule has 1 aliphatic rings. The number of hydrazone groups is 1. The number of carbonyl (C=O) groups is 1. The second-order valence-corrected chi connectivity index (χ2v) is 5.52. The predicted octanol–water partition coefficient (Wildman–Crippen LogP) is 2.64. The van der Waals surface area contributed by atoms with Gasteiger partial charge in [0.25, 0.3) is 5.91 Å². The van der Waals surface area contributed by atoms with Crippen LogP contribution in [0.15, 0.2) is 41.5 Å². The molecule has 0 fully saturated rings. The van der Waals surface area contributed by atoms with Crippen LogP contribution in [0.25, 0.3) is 0 Å². The van der Waals surface area contributed by atoms with Gasteiger partial charge >= 0.3 is 0 Å². The zero-order valence-electron chi connectivity index (χ0n) is 13.4. The lowest BCUT2D eigenvalue weighted by molar-refractivity contribution is -0.119. The number of rotatable bonds is 6. The van der Waals surface area contributed by atoms with E-state index in [1.54, 1.807) is 19.2 Å². The van der Waals surface area contributed by atoms with Crippen LogP contribution in [0.2, 0.25) is 5.02 Å². The average molecular weight is 362 g/mol. The monoisotopic (exact) mass is 361 g/mol. The van der Waals surface area contributed by atoms with Crippen LogP contribution in [-0.4, -0.2) is 32.6 Å². The van der Waals surface area contributed by atoms with E-state index in [9.17, 15) is 4.79 Å². The molecule has 2 aromatic carbocycles. The fraction of sp³-hybridized carbons (Fsp3) is 0.176. The summed E-state index contributed by atoms with van der Waals surface area (Å²) in [6.07, 6.45) is 1.49. The van der Waals surface area contributed by atoms with E-state index in [2.05, 4.69) is 15.8 Å². The molecule has 0 spiro atoms. The normalized spacial score (nSPS) is 12.2. The van der Waals surface area contributed by atoms with Crippen LogP contribution >= 0.6 is 11.6 Å². The van der Waals surface area contributed by atoms with Crippen molar-refractivity contribution >= 4 is 29.4 Å². The Bertz CT molecular complexity index is 793. The Hall–Kier alpha value is -2.93. The fourth-order valence-corrected chi connectivity index (χ4v) is 2.45. The molecule has 0 radical (unpaired) electrons. The molecule has 1 aliphatic heterocycles. The molecule has 7 nitrogen and oxygen atoms in total. The summed E-state index contributed by atoms with van der Waals surface area (Å²) in [5, 5.41) is 7.33. The Morgan fingerprint density at radius 3 is 2.88 bits per heavy atom. The molecule has 0 saturated carbocycles. The van der Waals surface area contributed by atoms with Crippen molar-refractivity contribution in [3.63, 3.8) is 0 Å². The minimum atomic E-state index is -0.279. The smallest absolute Gasteiger partial charge is 0.259 e. The van der Waals surface area contributed by atoms with E-state index in [0.717, 1.165) is 11.4 Å². The second kappa shape index (κ2) is 7.76. The van der Waals surface area contributed by atoms with Gasteiger partial charge in [-0.3, -0.25) is 4.79 Å². The SMILES string of the molecule is COc1ccc(NCC(=O)N/N=C\c2cc(Cl)c3c(c2)OCO3)cc1. The molecule has 2 N–H and O–H groups in total. The van der Waals surface area contributed by atoms with Crippen LogP contribution in [0.4, 0.5) is 5.69 Å². The lowest BCUT2D eigenvalue weighted by Crippen LogP contribution is -2.25. The minimum Gasteiger partial charge on any atom is -0.497 e. The van der Waals surface area contributed by atoms with Gasteiger partial charge in [0.2, 0.25) is 6.79 Å². The first kappa shape index (κ1) is 16.9. The Balaban J connectivity index is 1.50. The van der Waals surface area contributed by atoms with Crippen LogP contribution in [0.5, 0.6) is 17.2 Å². The van der Waals surface area contributed by atoms with Crippen molar-refractivity contribution in [3.05, 3.63) is 47.0 Å². The maximum Gasteiger partial charge on any atom is 0.259 e. The Morgan fingerprint density at radius 2 is 2.12 bits per heavy atom. The molecule has 3 rings (SSSR count). The molecule has 0 unspecified atom stereocenters. The number of methoxy groups -OCH3 is 1. The summed E-state index contributed by atoms with van der Waals surface area (Å²) in [5.41, 5.74) is 3.94. The Labute approximate surface area is 149 Å². The van der Waals surface area contributed by atoms with Gasteiger partial charge in [0.05, 0.1) is 24.9 Å². The van der Waals surface area contributed by atoms with E-state index in [1.807, 2.05) is 24.3 Å². The number of hydrogen-bond acceptors (Lipinski definition) is 6. The summed E-state index contributed by atoms with van der Waals surface area (Å²) in [4.78, 5) is 11.8. The van der Waals surface area contributed by atoms with Crippen molar-refractivity contribution in [3.8, 4) is 17.2 Å². The van der Waals surface area contributed by atoms with Crippen molar-refractivity contribution in [1.82, 2.24) is 5.43 Å². The number of halogens is 1. The molecule has 130 valence electrons. The van der Waals surface area contributed by atoms with Crippen molar-refractivity contribution in [1.29, 1.82) is 0 Å². The maximum atomic E-state index is 11.8. The minimum absolute atomic E-state index is 0.0889. The topological polar surface area (TPSA) is 81.2 Å². The van der Waals surface area contributed by atoms with Crippen LogP contribution in [0, 0.1) is 0 Å². The molecule has 0 saturated heterocycles. The first-order valence-electron chi connectivity index (χ1n) is 7.44. The summed E-state index contributed by atoms with van der Waals surface area (Å²) >= 11 is 6.08. The number of anilines is 1. The molecule has 0 atom stereocenters. The van der Waals surface area contributed by atoms with Crippen LogP contribution in [0.3, 0.4) is 0 Å². The van der Waals surface area contributed by atoms with Gasteiger partial charge < -0.3 is 19.5 Å². The van der Waals surface area contributed by atoms with Gasteiger partial charge in [-0.2, -0.15) is 5.10 Å². The molecule has 0 bridgehead atoms. The van der Waals surface area contributed by atoms with Crippen molar-refractivity contribution in [2.45, 2.75) is 0 Å². The van der Waals surface area contributed by atoms with E-state index in [-0.39, 0.29) is 19.2 Å². The molecule has 25 heavy (non-hydrogen) atoms. The molecule has 0 aliphatic carbocycles. The number of carbonyl (C=O) groups excluding carboxylic acids is 1. The van der Waals surface area contributed by atoms with Gasteiger partial charge in [-0.25, -0.2) is 5.43 Å². The largest absolute Gasteiger partial charge is 0.497 e. The number of fused-ring (bicyclic) bond motifs is 1. The van der Waals surface area contributed by atoms with Gasteiger partial charge in [-0.15, -0.1) is 0 Å². The fourth-order valence-electron chi connectivity index (χ4n) is 2.17. The third-order valence-corrected chi connectivity index (χ3v) is 3.68. The van der Waals surface area contributed by atoms with E-state index in [1.165, 1.54) is 6.21 Å². The molecule has 8 heteroatoms. The average Bonchev–Trinajstić information content (AvgIpc) is 3.09. The lowest BCUT2D eigenvalue weighted by atomic mass is 10.2. The van der Waals surface area contributed by atoms with Gasteiger partial charge in [0, 0.05) is 5.69 Å². The standard InChI is InChI=1S/C17H16ClN3O4/c1-23-13-4-2-12(3-5-13)19-9-16(22)21-20-8-11-6-14(18)17-15(7-11)24-10-25-17/h2-8,19H,9-10H2,1H3,(H,21,22)/b20-8-. The van der Waals surface area contributed by atoms with Crippen molar-refractivity contribution in [2.24, 2.45) is 5.10 Å². The second-order valence-electron chi connectivity index (χ2n) is 5.11. The van der Waals surface area contributed by atoms with E-state index < -0.39 is 0 Å². The maximum absolute atomic E-state index is 11.8. The van der Waals surface area contributed by atoms with Crippen LogP contribution < -0.4 is 25.0 Å². The van der Waals surface area contributed by atoms with Crippen molar-refractivity contribution in [2.75, 3.05) is 25.8 Å². The molecular formula is C17H16ClN3O4. The molecule has 0 aromatic heterocycles. The number of nitrogens with one attached hydrogen (secondary N) is 2. The first-order valence-corrected chi connectivity index (χ1v) is 7.82. The Kier molecular flexibility index (Phi) is 5.25. The predicted molar refractivity (Wildman–Crippen MR) is 94.8 cm³/mol. The van der Waals surface area contributed by atoms with E-state index in [0.29, 0.717) is 22.1 Å². The van der Waals surface area contributed by atoms with Crippen molar-refractivity contribution < 1.29 is 19.0 Å². The third-order valence-electron chi connectivity index (χ3n) is 3.40. The number of benzene rings is 2. The summed E-state index contributed by atoms with van der Waals surface area (Å²) in [7, 11) is 1.60. The number of nitrogens with zero attached hydrogens (tertiary/aromatic N) is 1.